The Bertz CT molecular complexity index is 749. The molecule has 0 radical (unpaired) electrons. The molecule has 2 heterocycles. The molecule has 3 rings (SSSR count). The standard InChI is InChI=1S/C22H32N4O2.HI/c1-4-23-21(24-16-22(3,27)20-11-8-12-28-20)25-19-13-17(2)26(15-19)14-18-9-6-5-7-10-18;/h5-12,17,19,27H,4,13-16H2,1-3H3,(H2,23,24,25);1H. The van der Waals surface area contributed by atoms with E-state index in [1.807, 2.05) is 6.92 Å². The Morgan fingerprint density at radius 1 is 1.28 bits per heavy atom. The van der Waals surface area contributed by atoms with E-state index in [0.717, 1.165) is 32.0 Å². The van der Waals surface area contributed by atoms with E-state index in [1.54, 1.807) is 25.3 Å². The molecule has 2 aromatic rings. The van der Waals surface area contributed by atoms with Gasteiger partial charge < -0.3 is 20.2 Å². The normalized spacial score (nSPS) is 22.0. The maximum Gasteiger partial charge on any atom is 0.191 e. The van der Waals surface area contributed by atoms with Crippen molar-refractivity contribution in [2.24, 2.45) is 4.99 Å². The monoisotopic (exact) mass is 512 g/mol. The van der Waals surface area contributed by atoms with Crippen LogP contribution in [0.3, 0.4) is 0 Å². The van der Waals surface area contributed by atoms with E-state index in [-0.39, 0.29) is 30.5 Å². The summed E-state index contributed by atoms with van der Waals surface area (Å²) in [6, 6.07) is 15.0. The fourth-order valence-corrected chi connectivity index (χ4v) is 3.65. The Hall–Kier alpha value is -1.58. The molecule has 0 bridgehead atoms. The van der Waals surface area contributed by atoms with Crippen LogP contribution in [0.5, 0.6) is 0 Å². The van der Waals surface area contributed by atoms with Crippen molar-refractivity contribution in [1.82, 2.24) is 15.5 Å². The third-order valence-electron chi connectivity index (χ3n) is 5.21. The molecule has 1 fully saturated rings. The van der Waals surface area contributed by atoms with Gasteiger partial charge in [0, 0.05) is 31.7 Å². The highest BCUT2D eigenvalue weighted by atomic mass is 127. The summed E-state index contributed by atoms with van der Waals surface area (Å²) >= 11 is 0. The van der Waals surface area contributed by atoms with Gasteiger partial charge in [0.25, 0.3) is 0 Å². The van der Waals surface area contributed by atoms with Crippen molar-refractivity contribution in [2.75, 3.05) is 19.6 Å². The van der Waals surface area contributed by atoms with Crippen LogP contribution >= 0.6 is 24.0 Å². The Balaban J connectivity index is 0.00000300. The minimum absolute atomic E-state index is 0. The van der Waals surface area contributed by atoms with Crippen LogP contribution in [-0.2, 0) is 12.1 Å². The van der Waals surface area contributed by atoms with E-state index >= 15 is 0 Å². The van der Waals surface area contributed by atoms with Gasteiger partial charge in [0.1, 0.15) is 11.4 Å². The van der Waals surface area contributed by atoms with Crippen LogP contribution in [0.4, 0.5) is 0 Å². The van der Waals surface area contributed by atoms with Gasteiger partial charge >= 0.3 is 0 Å². The Kier molecular flexibility index (Phi) is 8.98. The van der Waals surface area contributed by atoms with Crippen LogP contribution in [0.15, 0.2) is 58.1 Å². The number of guanidine groups is 1. The zero-order chi connectivity index (χ0) is 20.0. The summed E-state index contributed by atoms with van der Waals surface area (Å²) in [7, 11) is 0. The summed E-state index contributed by atoms with van der Waals surface area (Å²) in [5.41, 5.74) is 0.207. The van der Waals surface area contributed by atoms with Gasteiger partial charge in [0.15, 0.2) is 5.96 Å². The molecule has 3 N–H and O–H groups in total. The lowest BCUT2D eigenvalue weighted by atomic mass is 10.0. The van der Waals surface area contributed by atoms with Crippen molar-refractivity contribution in [2.45, 2.75) is 51.4 Å². The molecule has 1 aliphatic heterocycles. The summed E-state index contributed by atoms with van der Waals surface area (Å²) in [6.07, 6.45) is 2.63. The van der Waals surface area contributed by atoms with E-state index in [9.17, 15) is 5.11 Å². The highest BCUT2D eigenvalue weighted by Crippen LogP contribution is 2.22. The second-order valence-electron chi connectivity index (χ2n) is 7.79. The average Bonchev–Trinajstić information content (AvgIpc) is 3.32. The van der Waals surface area contributed by atoms with E-state index < -0.39 is 5.60 Å². The molecule has 1 aromatic carbocycles. The fraction of sp³-hybridized carbons (Fsp3) is 0.500. The first-order chi connectivity index (χ1) is 13.5. The van der Waals surface area contributed by atoms with Crippen molar-refractivity contribution >= 4 is 29.9 Å². The highest BCUT2D eigenvalue weighted by molar-refractivity contribution is 14.0. The van der Waals surface area contributed by atoms with Crippen LogP contribution in [-0.4, -0.2) is 47.7 Å². The first kappa shape index (κ1) is 23.7. The van der Waals surface area contributed by atoms with Crippen LogP contribution in [0.1, 0.15) is 38.5 Å². The molecule has 0 saturated carbocycles. The number of aliphatic hydroxyl groups is 1. The predicted octanol–water partition coefficient (Wildman–Crippen LogP) is 3.32. The van der Waals surface area contributed by atoms with Crippen molar-refractivity contribution < 1.29 is 9.52 Å². The Labute approximate surface area is 190 Å². The number of benzene rings is 1. The molecule has 0 amide bonds. The number of aliphatic imine (C=N–C) groups is 1. The molecule has 160 valence electrons. The second-order valence-corrected chi connectivity index (χ2v) is 7.79. The molecule has 3 unspecified atom stereocenters. The maximum absolute atomic E-state index is 10.6. The van der Waals surface area contributed by atoms with Gasteiger partial charge in [0.05, 0.1) is 12.8 Å². The van der Waals surface area contributed by atoms with E-state index in [2.05, 4.69) is 57.8 Å². The molecule has 1 saturated heterocycles. The molecule has 0 aliphatic carbocycles. The third kappa shape index (κ3) is 6.72. The number of hydrogen-bond acceptors (Lipinski definition) is 4. The van der Waals surface area contributed by atoms with Gasteiger partial charge in [-0.05, 0) is 44.9 Å². The minimum atomic E-state index is -1.13. The SMILES string of the molecule is CCNC(=NCC(C)(O)c1ccco1)NC1CC(C)N(Cc2ccccc2)C1.I. The van der Waals surface area contributed by atoms with Gasteiger partial charge in [0.2, 0.25) is 0 Å². The topological polar surface area (TPSA) is 73.0 Å². The fourth-order valence-electron chi connectivity index (χ4n) is 3.65. The average molecular weight is 512 g/mol. The van der Waals surface area contributed by atoms with Crippen molar-refractivity contribution in [3.05, 3.63) is 60.1 Å². The summed E-state index contributed by atoms with van der Waals surface area (Å²) in [4.78, 5) is 7.10. The van der Waals surface area contributed by atoms with Crippen molar-refractivity contribution in [3.63, 3.8) is 0 Å². The van der Waals surface area contributed by atoms with Crippen molar-refractivity contribution in [3.8, 4) is 0 Å². The molecule has 29 heavy (non-hydrogen) atoms. The lowest BCUT2D eigenvalue weighted by Crippen LogP contribution is -2.45. The summed E-state index contributed by atoms with van der Waals surface area (Å²) in [5.74, 6) is 1.25. The largest absolute Gasteiger partial charge is 0.466 e. The first-order valence-corrected chi connectivity index (χ1v) is 10.1. The van der Waals surface area contributed by atoms with Crippen LogP contribution in [0.25, 0.3) is 0 Å². The number of halogens is 1. The maximum atomic E-state index is 10.6. The smallest absolute Gasteiger partial charge is 0.191 e. The number of nitrogens with one attached hydrogen (secondary N) is 2. The summed E-state index contributed by atoms with van der Waals surface area (Å²) in [6.45, 7) is 8.96. The zero-order valence-corrected chi connectivity index (χ0v) is 19.8. The number of nitrogens with zero attached hydrogens (tertiary/aromatic N) is 2. The molecular weight excluding hydrogens is 479 g/mol. The molecule has 1 aromatic heterocycles. The number of hydrogen-bond donors (Lipinski definition) is 3. The lowest BCUT2D eigenvalue weighted by molar-refractivity contribution is 0.0436. The minimum Gasteiger partial charge on any atom is -0.466 e. The van der Waals surface area contributed by atoms with E-state index in [4.69, 9.17) is 4.42 Å². The number of rotatable bonds is 7. The molecule has 7 heteroatoms. The third-order valence-corrected chi connectivity index (χ3v) is 5.21. The van der Waals surface area contributed by atoms with Crippen LogP contribution in [0, 0.1) is 0 Å². The Morgan fingerprint density at radius 2 is 2.03 bits per heavy atom. The highest BCUT2D eigenvalue weighted by Gasteiger charge is 2.30. The lowest BCUT2D eigenvalue weighted by Gasteiger charge is -2.22. The van der Waals surface area contributed by atoms with Gasteiger partial charge in [-0.2, -0.15) is 0 Å². The molecule has 3 atom stereocenters. The molecular formula is C22H33IN4O2. The van der Waals surface area contributed by atoms with Gasteiger partial charge in [-0.3, -0.25) is 4.90 Å². The quantitative estimate of drug-likeness (QED) is 0.302. The van der Waals surface area contributed by atoms with E-state index in [0.29, 0.717) is 17.8 Å². The summed E-state index contributed by atoms with van der Waals surface area (Å²) < 4.78 is 5.34. The van der Waals surface area contributed by atoms with Crippen molar-refractivity contribution in [1.29, 1.82) is 0 Å². The van der Waals surface area contributed by atoms with Gasteiger partial charge in [-0.25, -0.2) is 4.99 Å². The first-order valence-electron chi connectivity index (χ1n) is 10.1. The summed E-state index contributed by atoms with van der Waals surface area (Å²) in [5, 5.41) is 17.5. The van der Waals surface area contributed by atoms with Crippen LogP contribution in [0.2, 0.25) is 0 Å². The Morgan fingerprint density at radius 3 is 2.69 bits per heavy atom. The van der Waals surface area contributed by atoms with E-state index in [1.165, 1.54) is 5.56 Å². The number of likely N-dealkylation sites (tertiary alicyclic amines) is 1. The number of furan rings is 1. The van der Waals surface area contributed by atoms with Crippen LogP contribution < -0.4 is 10.6 Å². The molecule has 6 nitrogen and oxygen atoms in total. The molecule has 1 aliphatic rings. The second kappa shape index (κ2) is 11.0. The molecule has 0 spiro atoms. The van der Waals surface area contributed by atoms with Gasteiger partial charge in [-0.15, -0.1) is 24.0 Å². The zero-order valence-electron chi connectivity index (χ0n) is 17.5. The van der Waals surface area contributed by atoms with Gasteiger partial charge in [-0.1, -0.05) is 30.3 Å². The predicted molar refractivity (Wildman–Crippen MR) is 128 cm³/mol.